The highest BCUT2D eigenvalue weighted by Crippen LogP contribution is 2.24. The van der Waals surface area contributed by atoms with Crippen LogP contribution in [-0.4, -0.2) is 48.0 Å². The van der Waals surface area contributed by atoms with Crippen molar-refractivity contribution in [2.45, 2.75) is 51.4 Å². The SMILES string of the molecule is CC1CCC(CN2CCC(C(C)O)C2)O1. The average molecular weight is 213 g/mol. The molecule has 4 unspecified atom stereocenters. The first-order valence-electron chi connectivity index (χ1n) is 6.21. The molecule has 2 fully saturated rings. The highest BCUT2D eigenvalue weighted by molar-refractivity contribution is 4.82. The molecular formula is C12H23NO2. The Kier molecular flexibility index (Phi) is 3.65. The molecule has 0 aliphatic carbocycles. The Balaban J connectivity index is 1.73. The maximum absolute atomic E-state index is 9.51. The molecule has 0 aromatic carbocycles. The summed E-state index contributed by atoms with van der Waals surface area (Å²) in [4.78, 5) is 2.44. The average Bonchev–Trinajstić information content (AvgIpc) is 2.76. The molecule has 2 aliphatic heterocycles. The number of aliphatic hydroxyl groups is 1. The van der Waals surface area contributed by atoms with Crippen LogP contribution < -0.4 is 0 Å². The molecule has 0 aromatic heterocycles. The van der Waals surface area contributed by atoms with E-state index in [2.05, 4.69) is 11.8 Å². The summed E-state index contributed by atoms with van der Waals surface area (Å²) in [5, 5.41) is 9.51. The van der Waals surface area contributed by atoms with Gasteiger partial charge in [-0.2, -0.15) is 0 Å². The molecule has 4 atom stereocenters. The largest absolute Gasteiger partial charge is 0.393 e. The molecule has 0 bridgehead atoms. The third kappa shape index (κ3) is 2.92. The van der Waals surface area contributed by atoms with Gasteiger partial charge in [-0.3, -0.25) is 0 Å². The Morgan fingerprint density at radius 2 is 2.20 bits per heavy atom. The number of rotatable bonds is 3. The summed E-state index contributed by atoms with van der Waals surface area (Å²) in [6.45, 7) is 7.30. The van der Waals surface area contributed by atoms with Crippen molar-refractivity contribution in [2.24, 2.45) is 5.92 Å². The fraction of sp³-hybridized carbons (Fsp3) is 1.00. The van der Waals surface area contributed by atoms with E-state index in [0.717, 1.165) is 26.1 Å². The topological polar surface area (TPSA) is 32.7 Å². The van der Waals surface area contributed by atoms with Crippen molar-refractivity contribution in [3.63, 3.8) is 0 Å². The van der Waals surface area contributed by atoms with E-state index in [-0.39, 0.29) is 6.10 Å². The molecule has 2 heterocycles. The predicted molar refractivity (Wildman–Crippen MR) is 59.8 cm³/mol. The third-order valence-corrected chi connectivity index (χ3v) is 3.77. The van der Waals surface area contributed by atoms with Crippen LogP contribution in [0.15, 0.2) is 0 Å². The van der Waals surface area contributed by atoms with Crippen LogP contribution in [0.25, 0.3) is 0 Å². The molecule has 0 aromatic rings. The summed E-state index contributed by atoms with van der Waals surface area (Å²) < 4.78 is 5.81. The fourth-order valence-corrected chi connectivity index (χ4v) is 2.73. The lowest BCUT2D eigenvalue weighted by Gasteiger charge is -2.21. The highest BCUT2D eigenvalue weighted by atomic mass is 16.5. The standard InChI is InChI=1S/C12H23NO2/c1-9-3-4-12(15-9)8-13-6-5-11(7-13)10(2)14/h9-12,14H,3-8H2,1-2H3. The molecule has 1 N–H and O–H groups in total. The van der Waals surface area contributed by atoms with E-state index in [1.807, 2.05) is 6.92 Å². The van der Waals surface area contributed by atoms with E-state index >= 15 is 0 Å². The maximum atomic E-state index is 9.51. The number of nitrogens with zero attached hydrogens (tertiary/aromatic N) is 1. The number of ether oxygens (including phenoxy) is 1. The minimum Gasteiger partial charge on any atom is -0.393 e. The number of hydrogen-bond donors (Lipinski definition) is 1. The van der Waals surface area contributed by atoms with Crippen LogP contribution in [0.3, 0.4) is 0 Å². The molecule has 88 valence electrons. The van der Waals surface area contributed by atoms with E-state index in [1.165, 1.54) is 12.8 Å². The van der Waals surface area contributed by atoms with Gasteiger partial charge < -0.3 is 14.7 Å². The van der Waals surface area contributed by atoms with Gasteiger partial charge in [0.2, 0.25) is 0 Å². The molecule has 2 rings (SSSR count). The normalized spacial score (nSPS) is 39.8. The number of hydrogen-bond acceptors (Lipinski definition) is 3. The number of aliphatic hydroxyl groups excluding tert-OH is 1. The summed E-state index contributed by atoms with van der Waals surface area (Å²) in [7, 11) is 0. The van der Waals surface area contributed by atoms with Crippen LogP contribution in [0, 0.1) is 5.92 Å². The molecule has 0 spiro atoms. The van der Waals surface area contributed by atoms with Crippen LogP contribution in [0.1, 0.15) is 33.1 Å². The monoisotopic (exact) mass is 213 g/mol. The summed E-state index contributed by atoms with van der Waals surface area (Å²) in [6, 6.07) is 0. The third-order valence-electron chi connectivity index (χ3n) is 3.77. The Bertz CT molecular complexity index is 208. The summed E-state index contributed by atoms with van der Waals surface area (Å²) >= 11 is 0. The van der Waals surface area contributed by atoms with E-state index < -0.39 is 0 Å². The molecule has 15 heavy (non-hydrogen) atoms. The molecule has 2 saturated heterocycles. The smallest absolute Gasteiger partial charge is 0.0706 e. The maximum Gasteiger partial charge on any atom is 0.0706 e. The van der Waals surface area contributed by atoms with Crippen molar-refractivity contribution in [1.82, 2.24) is 4.90 Å². The zero-order valence-electron chi connectivity index (χ0n) is 9.85. The molecule has 0 radical (unpaired) electrons. The lowest BCUT2D eigenvalue weighted by molar-refractivity contribution is 0.0335. The summed E-state index contributed by atoms with van der Waals surface area (Å²) in [6.07, 6.45) is 4.28. The second-order valence-electron chi connectivity index (χ2n) is 5.19. The van der Waals surface area contributed by atoms with Crippen molar-refractivity contribution in [2.75, 3.05) is 19.6 Å². The Morgan fingerprint density at radius 1 is 1.40 bits per heavy atom. The molecular weight excluding hydrogens is 190 g/mol. The van der Waals surface area contributed by atoms with Crippen molar-refractivity contribution in [3.05, 3.63) is 0 Å². The van der Waals surface area contributed by atoms with Crippen molar-refractivity contribution < 1.29 is 9.84 Å². The number of likely N-dealkylation sites (tertiary alicyclic amines) is 1. The van der Waals surface area contributed by atoms with E-state index in [1.54, 1.807) is 0 Å². The first kappa shape index (κ1) is 11.4. The summed E-state index contributed by atoms with van der Waals surface area (Å²) in [5.74, 6) is 0.476. The fourth-order valence-electron chi connectivity index (χ4n) is 2.73. The van der Waals surface area contributed by atoms with Crippen LogP contribution in [0.2, 0.25) is 0 Å². The lowest BCUT2D eigenvalue weighted by Crippen LogP contribution is -2.32. The molecule has 0 saturated carbocycles. The zero-order valence-corrected chi connectivity index (χ0v) is 9.85. The van der Waals surface area contributed by atoms with Gasteiger partial charge >= 0.3 is 0 Å². The molecule has 2 aliphatic rings. The second kappa shape index (κ2) is 4.81. The first-order chi connectivity index (χ1) is 7.15. The van der Waals surface area contributed by atoms with Crippen molar-refractivity contribution >= 4 is 0 Å². The van der Waals surface area contributed by atoms with Gasteiger partial charge in [0.05, 0.1) is 18.3 Å². The Labute approximate surface area is 92.4 Å². The minimum atomic E-state index is -0.154. The van der Waals surface area contributed by atoms with Gasteiger partial charge in [-0.1, -0.05) is 0 Å². The van der Waals surface area contributed by atoms with Gasteiger partial charge in [0.25, 0.3) is 0 Å². The van der Waals surface area contributed by atoms with Crippen molar-refractivity contribution in [1.29, 1.82) is 0 Å². The molecule has 3 nitrogen and oxygen atoms in total. The molecule has 3 heteroatoms. The zero-order chi connectivity index (χ0) is 10.8. The quantitative estimate of drug-likeness (QED) is 0.766. The van der Waals surface area contributed by atoms with Gasteiger partial charge in [-0.05, 0) is 45.6 Å². The van der Waals surface area contributed by atoms with Crippen LogP contribution in [-0.2, 0) is 4.74 Å². The lowest BCUT2D eigenvalue weighted by atomic mass is 10.0. The van der Waals surface area contributed by atoms with Gasteiger partial charge in [-0.15, -0.1) is 0 Å². The Hall–Kier alpha value is -0.120. The highest BCUT2D eigenvalue weighted by Gasteiger charge is 2.30. The van der Waals surface area contributed by atoms with Gasteiger partial charge in [-0.25, -0.2) is 0 Å². The second-order valence-corrected chi connectivity index (χ2v) is 5.19. The predicted octanol–water partition coefficient (Wildman–Crippen LogP) is 1.26. The van der Waals surface area contributed by atoms with Crippen LogP contribution >= 0.6 is 0 Å². The van der Waals surface area contributed by atoms with Gasteiger partial charge in [0.15, 0.2) is 0 Å². The van der Waals surface area contributed by atoms with Gasteiger partial charge in [0.1, 0.15) is 0 Å². The molecule has 0 amide bonds. The minimum absolute atomic E-state index is 0.154. The van der Waals surface area contributed by atoms with Crippen LogP contribution in [0.5, 0.6) is 0 Å². The van der Waals surface area contributed by atoms with Crippen LogP contribution in [0.4, 0.5) is 0 Å². The Morgan fingerprint density at radius 3 is 2.73 bits per heavy atom. The van der Waals surface area contributed by atoms with Crippen molar-refractivity contribution in [3.8, 4) is 0 Å². The first-order valence-corrected chi connectivity index (χ1v) is 6.21. The van der Waals surface area contributed by atoms with E-state index in [9.17, 15) is 5.11 Å². The van der Waals surface area contributed by atoms with E-state index in [0.29, 0.717) is 18.1 Å². The van der Waals surface area contributed by atoms with Gasteiger partial charge in [0, 0.05) is 13.1 Å². The summed E-state index contributed by atoms with van der Waals surface area (Å²) in [5.41, 5.74) is 0. The van der Waals surface area contributed by atoms with E-state index in [4.69, 9.17) is 4.74 Å².